The summed E-state index contributed by atoms with van der Waals surface area (Å²) in [6, 6.07) is 5.21. The molecule has 1 aromatic carbocycles. The summed E-state index contributed by atoms with van der Waals surface area (Å²) in [6.07, 6.45) is -1.31. The van der Waals surface area contributed by atoms with Gasteiger partial charge in [-0.15, -0.1) is 11.8 Å². The molecule has 2 aliphatic heterocycles. The quantitative estimate of drug-likeness (QED) is 0.618. The van der Waals surface area contributed by atoms with Gasteiger partial charge < -0.3 is 9.90 Å². The zero-order valence-electron chi connectivity index (χ0n) is 17.1. The number of carbonyl (C=O) groups is 1. The Balaban J connectivity index is 0.00000272. The molecule has 0 bridgehead atoms. The van der Waals surface area contributed by atoms with E-state index in [1.54, 1.807) is 6.07 Å². The molecular weight excluding hydrogens is 424 g/mol. The van der Waals surface area contributed by atoms with Gasteiger partial charge in [0.1, 0.15) is 0 Å². The zero-order valence-corrected chi connectivity index (χ0v) is 17.9. The van der Waals surface area contributed by atoms with E-state index in [-0.39, 0.29) is 24.6 Å². The minimum absolute atomic E-state index is 0. The van der Waals surface area contributed by atoms with Gasteiger partial charge in [0.25, 0.3) is 5.56 Å². The van der Waals surface area contributed by atoms with Gasteiger partial charge in [0.05, 0.1) is 22.6 Å². The Kier molecular flexibility index (Phi) is 7.31. The molecule has 31 heavy (non-hydrogen) atoms. The fourth-order valence-corrected chi connectivity index (χ4v) is 5.48. The molecule has 0 radical (unpaired) electrons. The summed E-state index contributed by atoms with van der Waals surface area (Å²) in [7, 11) is 0. The van der Waals surface area contributed by atoms with Crippen LogP contribution in [-0.4, -0.2) is 34.3 Å². The van der Waals surface area contributed by atoms with Crippen LogP contribution in [-0.2, 0) is 17.5 Å². The number of carboxylic acids is 1. The Hall–Kier alpha value is -1.66. The van der Waals surface area contributed by atoms with Crippen LogP contribution < -0.4 is 29.5 Å². The number of pyridine rings is 1. The maximum Gasteiger partial charge on any atom is 1.00 e. The fraction of sp³-hybridized carbons (Fsp3) is 0.429. The number of fused-ring (bicyclic) bond motifs is 1. The van der Waals surface area contributed by atoms with Gasteiger partial charge in [-0.05, 0) is 49.2 Å². The van der Waals surface area contributed by atoms with Crippen LogP contribution in [0.4, 0.5) is 13.2 Å². The molecule has 1 saturated heterocycles. The molecule has 0 saturated carbocycles. The second-order valence-corrected chi connectivity index (χ2v) is 8.63. The minimum atomic E-state index is -4.50. The third kappa shape index (κ3) is 4.90. The van der Waals surface area contributed by atoms with Crippen LogP contribution in [0.25, 0.3) is 11.1 Å². The van der Waals surface area contributed by atoms with E-state index in [0.29, 0.717) is 28.3 Å². The third-order valence-corrected chi connectivity index (χ3v) is 6.73. The molecule has 1 fully saturated rings. The number of carbonyl (C=O) groups excluding carboxylic acids is 1. The molecule has 0 unspecified atom stereocenters. The number of likely N-dealkylation sites (tertiary alicyclic amines) is 1. The summed E-state index contributed by atoms with van der Waals surface area (Å²) in [4.78, 5) is 26.5. The van der Waals surface area contributed by atoms with Gasteiger partial charge in [0, 0.05) is 23.9 Å². The average Bonchev–Trinajstić information content (AvgIpc) is 3.14. The first kappa shape index (κ1) is 24.0. The predicted octanol–water partition coefficient (Wildman–Crippen LogP) is -0.0793. The minimum Gasteiger partial charge on any atom is -0.548 e. The molecule has 0 N–H and O–H groups in total. The molecule has 160 valence electrons. The molecule has 0 spiro atoms. The van der Waals surface area contributed by atoms with Crippen molar-refractivity contribution < 1.29 is 41.9 Å². The Morgan fingerprint density at radius 3 is 2.52 bits per heavy atom. The topological polar surface area (TPSA) is 65.4 Å². The largest absolute Gasteiger partial charge is 1.00 e. The van der Waals surface area contributed by atoms with Crippen molar-refractivity contribution in [2.45, 2.75) is 43.1 Å². The van der Waals surface area contributed by atoms with E-state index >= 15 is 0 Å². The summed E-state index contributed by atoms with van der Waals surface area (Å²) in [6.45, 7) is 2.15. The molecule has 5 nitrogen and oxygen atoms in total. The number of alkyl halides is 3. The van der Waals surface area contributed by atoms with Crippen LogP contribution in [0.5, 0.6) is 0 Å². The van der Waals surface area contributed by atoms with Gasteiger partial charge in [-0.1, -0.05) is 18.6 Å². The van der Waals surface area contributed by atoms with Crippen molar-refractivity contribution in [1.82, 2.24) is 9.47 Å². The van der Waals surface area contributed by atoms with Crippen molar-refractivity contribution in [3.63, 3.8) is 0 Å². The van der Waals surface area contributed by atoms with Gasteiger partial charge in [-0.3, -0.25) is 14.3 Å². The number of aliphatic carboxylic acids is 1. The number of halogens is 3. The second kappa shape index (κ2) is 9.45. The SMILES string of the molecule is O=C([O-])[C@@H]1CSc2c(-c3cccc(C(F)(F)F)c3)c(CN3CCCCC3)cc(=O)n21.[Li+]. The fourth-order valence-electron chi connectivity index (χ4n) is 4.13. The standard InChI is InChI=1S/C21H21F3N2O3S.Li/c22-21(23,24)15-6-4-5-13(9-15)18-14(11-25-7-2-1-3-8-25)10-17(27)26-16(20(28)29)12-30-19(18)26;/h4-6,9-10,16H,1-3,7-8,11-12H2,(H,28,29);/q;+1/p-1/t16-;/m0./s1. The van der Waals surface area contributed by atoms with Gasteiger partial charge in [-0.2, -0.15) is 13.2 Å². The molecule has 10 heteroatoms. The predicted molar refractivity (Wildman–Crippen MR) is 105 cm³/mol. The van der Waals surface area contributed by atoms with Crippen LogP contribution in [0.1, 0.15) is 36.4 Å². The Labute approximate surface area is 193 Å². The van der Waals surface area contributed by atoms with E-state index < -0.39 is 29.3 Å². The number of hydrogen-bond acceptors (Lipinski definition) is 5. The van der Waals surface area contributed by atoms with E-state index in [4.69, 9.17) is 0 Å². The number of rotatable bonds is 4. The van der Waals surface area contributed by atoms with Crippen molar-refractivity contribution >= 4 is 17.7 Å². The van der Waals surface area contributed by atoms with E-state index in [1.165, 1.54) is 23.9 Å². The molecule has 0 amide bonds. The third-order valence-electron chi connectivity index (χ3n) is 5.57. The molecule has 4 rings (SSSR count). The normalized spacial score (nSPS) is 19.0. The summed E-state index contributed by atoms with van der Waals surface area (Å²) in [5, 5.41) is 11.9. The van der Waals surface area contributed by atoms with Crippen molar-refractivity contribution in [2.75, 3.05) is 18.8 Å². The van der Waals surface area contributed by atoms with Crippen molar-refractivity contribution in [3.05, 3.63) is 51.8 Å². The second-order valence-electron chi connectivity index (χ2n) is 7.62. The van der Waals surface area contributed by atoms with E-state index in [9.17, 15) is 27.9 Å². The van der Waals surface area contributed by atoms with Gasteiger partial charge in [-0.25, -0.2) is 0 Å². The summed E-state index contributed by atoms with van der Waals surface area (Å²) < 4.78 is 41.1. The summed E-state index contributed by atoms with van der Waals surface area (Å²) >= 11 is 1.17. The number of nitrogens with zero attached hydrogens (tertiary/aromatic N) is 2. The molecular formula is C21H20F3LiN2O3S. The number of benzene rings is 1. The van der Waals surface area contributed by atoms with Crippen molar-refractivity contribution in [3.8, 4) is 11.1 Å². The molecule has 1 atom stereocenters. The Morgan fingerprint density at radius 2 is 1.87 bits per heavy atom. The van der Waals surface area contributed by atoms with Crippen LogP contribution >= 0.6 is 11.8 Å². The van der Waals surface area contributed by atoms with Crippen LogP contribution in [0.3, 0.4) is 0 Å². The maximum absolute atomic E-state index is 13.3. The van der Waals surface area contributed by atoms with Gasteiger partial charge in [0.2, 0.25) is 0 Å². The first-order valence-corrected chi connectivity index (χ1v) is 10.8. The number of aromatic nitrogens is 1. The van der Waals surface area contributed by atoms with Crippen LogP contribution in [0.15, 0.2) is 40.2 Å². The van der Waals surface area contributed by atoms with Crippen LogP contribution in [0, 0.1) is 0 Å². The van der Waals surface area contributed by atoms with Crippen molar-refractivity contribution in [1.29, 1.82) is 0 Å². The Bertz CT molecular complexity index is 1040. The van der Waals surface area contributed by atoms with E-state index in [0.717, 1.165) is 49.1 Å². The van der Waals surface area contributed by atoms with Gasteiger partial charge >= 0.3 is 25.0 Å². The molecule has 2 aromatic rings. The number of thioether (sulfide) groups is 1. The monoisotopic (exact) mass is 444 g/mol. The van der Waals surface area contributed by atoms with Crippen LogP contribution in [0.2, 0.25) is 0 Å². The smallest absolute Gasteiger partial charge is 0.548 e. The zero-order chi connectivity index (χ0) is 21.5. The Morgan fingerprint density at radius 1 is 1.16 bits per heavy atom. The molecule has 1 aromatic heterocycles. The summed E-state index contributed by atoms with van der Waals surface area (Å²) in [5.41, 5.74) is 0.200. The van der Waals surface area contributed by atoms with Gasteiger partial charge in [0.15, 0.2) is 0 Å². The number of carboxylic acid groups (broad SMARTS) is 1. The van der Waals surface area contributed by atoms with E-state index in [2.05, 4.69) is 4.90 Å². The molecule has 0 aliphatic carbocycles. The number of piperidine rings is 1. The van der Waals surface area contributed by atoms with Crippen molar-refractivity contribution in [2.24, 2.45) is 0 Å². The number of hydrogen-bond donors (Lipinski definition) is 0. The first-order valence-electron chi connectivity index (χ1n) is 9.78. The maximum atomic E-state index is 13.3. The average molecular weight is 444 g/mol. The molecule has 2 aliphatic rings. The van der Waals surface area contributed by atoms with E-state index in [1.807, 2.05) is 0 Å². The first-order chi connectivity index (χ1) is 14.3. The summed E-state index contributed by atoms with van der Waals surface area (Å²) in [5.74, 6) is -1.27. The molecule has 3 heterocycles.